The smallest absolute Gasteiger partial charge is 0.244 e. The minimum atomic E-state index is -3.57. The summed E-state index contributed by atoms with van der Waals surface area (Å²) in [5.74, 6) is 0. The number of sulfonamides is 1. The van der Waals surface area contributed by atoms with Gasteiger partial charge in [-0.1, -0.05) is 18.2 Å². The first-order valence-electron chi connectivity index (χ1n) is 7.98. The maximum atomic E-state index is 12.5. The van der Waals surface area contributed by atoms with Crippen LogP contribution in [0.3, 0.4) is 0 Å². The molecule has 0 bridgehead atoms. The molecule has 0 atom stereocenters. The molecule has 1 aliphatic rings. The van der Waals surface area contributed by atoms with E-state index in [0.29, 0.717) is 32.0 Å². The van der Waals surface area contributed by atoms with Gasteiger partial charge in [-0.15, -0.1) is 0 Å². The van der Waals surface area contributed by atoms with Gasteiger partial charge in [0.15, 0.2) is 0 Å². The molecule has 1 fully saturated rings. The molecule has 0 amide bonds. The van der Waals surface area contributed by atoms with E-state index in [1.54, 1.807) is 17.8 Å². The molecule has 1 aliphatic heterocycles. The number of benzene rings is 1. The SMILES string of the molecule is Cc1nn(-c2ccccc2)cc1S(=O)(=O)NCCN1CCOCC1. The second-order valence-electron chi connectivity index (χ2n) is 5.71. The van der Waals surface area contributed by atoms with Crippen molar-refractivity contribution in [2.75, 3.05) is 39.4 Å². The van der Waals surface area contributed by atoms with E-state index in [4.69, 9.17) is 4.74 Å². The van der Waals surface area contributed by atoms with Crippen LogP contribution in [-0.2, 0) is 14.8 Å². The fraction of sp³-hybridized carbons (Fsp3) is 0.438. The van der Waals surface area contributed by atoms with Crippen LogP contribution in [0.2, 0.25) is 0 Å². The highest BCUT2D eigenvalue weighted by Gasteiger charge is 2.21. The molecule has 0 aliphatic carbocycles. The van der Waals surface area contributed by atoms with Gasteiger partial charge in [-0.25, -0.2) is 17.8 Å². The summed E-state index contributed by atoms with van der Waals surface area (Å²) in [5, 5.41) is 4.32. The third-order valence-electron chi connectivity index (χ3n) is 3.99. The van der Waals surface area contributed by atoms with Gasteiger partial charge in [-0.2, -0.15) is 5.10 Å². The second kappa shape index (κ2) is 7.43. The first-order chi connectivity index (χ1) is 11.6. The normalized spacial score (nSPS) is 16.4. The Kier molecular flexibility index (Phi) is 5.30. The van der Waals surface area contributed by atoms with Crippen LogP contribution >= 0.6 is 0 Å². The highest BCUT2D eigenvalue weighted by atomic mass is 32.2. The molecule has 1 N–H and O–H groups in total. The fourth-order valence-electron chi connectivity index (χ4n) is 2.66. The average molecular weight is 350 g/mol. The summed E-state index contributed by atoms with van der Waals surface area (Å²) in [6, 6.07) is 9.45. The lowest BCUT2D eigenvalue weighted by atomic mass is 10.3. The van der Waals surface area contributed by atoms with Crippen molar-refractivity contribution in [3.05, 3.63) is 42.2 Å². The van der Waals surface area contributed by atoms with E-state index in [1.807, 2.05) is 30.3 Å². The Morgan fingerprint density at radius 2 is 1.92 bits per heavy atom. The van der Waals surface area contributed by atoms with Gasteiger partial charge in [0.1, 0.15) is 4.90 Å². The Morgan fingerprint density at radius 3 is 2.62 bits per heavy atom. The summed E-state index contributed by atoms with van der Waals surface area (Å²) in [6.07, 6.45) is 1.56. The van der Waals surface area contributed by atoms with Crippen LogP contribution in [0.15, 0.2) is 41.4 Å². The maximum absolute atomic E-state index is 12.5. The molecule has 1 aromatic carbocycles. The zero-order valence-corrected chi connectivity index (χ0v) is 14.5. The molecule has 2 aromatic rings. The number of hydrogen-bond acceptors (Lipinski definition) is 5. The summed E-state index contributed by atoms with van der Waals surface area (Å²) in [6.45, 7) is 5.84. The molecule has 0 saturated carbocycles. The van der Waals surface area contributed by atoms with Crippen LogP contribution in [0.4, 0.5) is 0 Å². The molecule has 0 spiro atoms. The van der Waals surface area contributed by atoms with Gasteiger partial charge in [0.05, 0.1) is 30.8 Å². The molecular formula is C16H22N4O3S. The Bertz CT molecular complexity index is 768. The molecule has 1 saturated heterocycles. The Hall–Kier alpha value is -1.74. The first-order valence-corrected chi connectivity index (χ1v) is 9.46. The molecule has 3 rings (SSSR count). The van der Waals surface area contributed by atoms with Crippen molar-refractivity contribution >= 4 is 10.0 Å². The zero-order valence-electron chi connectivity index (χ0n) is 13.7. The lowest BCUT2D eigenvalue weighted by Crippen LogP contribution is -2.41. The standard InChI is InChI=1S/C16H22N4O3S/c1-14-16(13-20(18-14)15-5-3-2-4-6-15)24(21,22)17-7-8-19-9-11-23-12-10-19/h2-6,13,17H,7-12H2,1H3. The topological polar surface area (TPSA) is 76.5 Å². The number of aryl methyl sites for hydroxylation is 1. The summed E-state index contributed by atoms with van der Waals surface area (Å²) < 4.78 is 34.6. The second-order valence-corrected chi connectivity index (χ2v) is 7.45. The number of morpholine rings is 1. The van der Waals surface area contributed by atoms with E-state index < -0.39 is 10.0 Å². The Morgan fingerprint density at radius 1 is 1.21 bits per heavy atom. The van der Waals surface area contributed by atoms with Crippen LogP contribution in [0.1, 0.15) is 5.69 Å². The molecule has 130 valence electrons. The third kappa shape index (κ3) is 4.02. The minimum absolute atomic E-state index is 0.216. The lowest BCUT2D eigenvalue weighted by Gasteiger charge is -2.26. The van der Waals surface area contributed by atoms with E-state index in [9.17, 15) is 8.42 Å². The fourth-order valence-corrected chi connectivity index (χ4v) is 3.85. The maximum Gasteiger partial charge on any atom is 0.244 e. The van der Waals surface area contributed by atoms with Crippen molar-refractivity contribution in [3.8, 4) is 5.69 Å². The van der Waals surface area contributed by atoms with Crippen LogP contribution in [0.25, 0.3) is 5.69 Å². The van der Waals surface area contributed by atoms with Crippen LogP contribution in [0.5, 0.6) is 0 Å². The molecule has 24 heavy (non-hydrogen) atoms. The lowest BCUT2D eigenvalue weighted by molar-refractivity contribution is 0.0390. The van der Waals surface area contributed by atoms with Gasteiger partial charge in [-0.05, 0) is 19.1 Å². The van der Waals surface area contributed by atoms with Gasteiger partial charge in [-0.3, -0.25) is 4.90 Å². The number of aromatic nitrogens is 2. The minimum Gasteiger partial charge on any atom is -0.379 e. The highest BCUT2D eigenvalue weighted by Crippen LogP contribution is 2.16. The van der Waals surface area contributed by atoms with Gasteiger partial charge >= 0.3 is 0 Å². The van der Waals surface area contributed by atoms with Crippen molar-refractivity contribution in [2.24, 2.45) is 0 Å². The number of para-hydroxylation sites is 1. The highest BCUT2D eigenvalue weighted by molar-refractivity contribution is 7.89. The molecule has 0 unspecified atom stereocenters. The van der Waals surface area contributed by atoms with E-state index in [-0.39, 0.29) is 4.90 Å². The molecule has 1 aromatic heterocycles. The first kappa shape index (κ1) is 17.1. The third-order valence-corrected chi connectivity index (χ3v) is 5.55. The van der Waals surface area contributed by atoms with Crippen molar-refractivity contribution in [3.63, 3.8) is 0 Å². The van der Waals surface area contributed by atoms with Crippen LogP contribution < -0.4 is 4.72 Å². The summed E-state index contributed by atoms with van der Waals surface area (Å²) in [7, 11) is -3.57. The van der Waals surface area contributed by atoms with Gasteiger partial charge in [0.2, 0.25) is 10.0 Å². The summed E-state index contributed by atoms with van der Waals surface area (Å²) >= 11 is 0. The van der Waals surface area contributed by atoms with Gasteiger partial charge in [0, 0.05) is 26.2 Å². The van der Waals surface area contributed by atoms with E-state index in [1.165, 1.54) is 0 Å². The van der Waals surface area contributed by atoms with E-state index >= 15 is 0 Å². The molecular weight excluding hydrogens is 328 g/mol. The van der Waals surface area contributed by atoms with Crippen molar-refractivity contribution in [2.45, 2.75) is 11.8 Å². The summed E-state index contributed by atoms with van der Waals surface area (Å²) in [4.78, 5) is 2.40. The van der Waals surface area contributed by atoms with E-state index in [0.717, 1.165) is 18.8 Å². The Labute approximate surface area is 142 Å². The van der Waals surface area contributed by atoms with Gasteiger partial charge in [0.25, 0.3) is 0 Å². The van der Waals surface area contributed by atoms with E-state index in [2.05, 4.69) is 14.7 Å². The number of ether oxygens (including phenoxy) is 1. The quantitative estimate of drug-likeness (QED) is 0.834. The molecule has 0 radical (unpaired) electrons. The number of nitrogens with zero attached hydrogens (tertiary/aromatic N) is 3. The predicted octanol–water partition coefficient (Wildman–Crippen LogP) is 0.791. The van der Waals surface area contributed by atoms with Crippen LogP contribution in [-0.4, -0.2) is 62.5 Å². The van der Waals surface area contributed by atoms with Crippen LogP contribution in [0, 0.1) is 6.92 Å². The molecule has 7 nitrogen and oxygen atoms in total. The van der Waals surface area contributed by atoms with Crippen molar-refractivity contribution < 1.29 is 13.2 Å². The Balaban J connectivity index is 1.67. The zero-order chi connectivity index (χ0) is 17.0. The van der Waals surface area contributed by atoms with Gasteiger partial charge < -0.3 is 4.74 Å². The largest absolute Gasteiger partial charge is 0.379 e. The summed E-state index contributed by atoms with van der Waals surface area (Å²) in [5.41, 5.74) is 1.31. The monoisotopic (exact) mass is 350 g/mol. The predicted molar refractivity (Wildman–Crippen MR) is 90.7 cm³/mol. The number of rotatable bonds is 6. The molecule has 2 heterocycles. The molecule has 8 heteroatoms. The van der Waals surface area contributed by atoms with Crippen molar-refractivity contribution in [1.82, 2.24) is 19.4 Å². The number of hydrogen-bond donors (Lipinski definition) is 1. The van der Waals surface area contributed by atoms with Crippen molar-refractivity contribution in [1.29, 1.82) is 0 Å². The number of nitrogens with one attached hydrogen (secondary N) is 1. The average Bonchev–Trinajstić information content (AvgIpc) is 2.99.